The smallest absolute Gasteiger partial charge is 0.254 e. The van der Waals surface area contributed by atoms with Crippen LogP contribution in [0.15, 0.2) is 33.8 Å². The van der Waals surface area contributed by atoms with E-state index in [-0.39, 0.29) is 35.5 Å². The zero-order valence-corrected chi connectivity index (χ0v) is 12.5. The number of hydrazone groups is 1. The summed E-state index contributed by atoms with van der Waals surface area (Å²) in [5.74, 6) is 0.834. The van der Waals surface area contributed by atoms with Crippen LogP contribution >= 0.6 is 0 Å². The molecule has 114 valence electrons. The summed E-state index contributed by atoms with van der Waals surface area (Å²) in [6, 6.07) is 3.57. The van der Waals surface area contributed by atoms with E-state index in [0.29, 0.717) is 11.6 Å². The van der Waals surface area contributed by atoms with Crippen molar-refractivity contribution in [1.29, 1.82) is 0 Å². The topological polar surface area (TPSA) is 66.1 Å². The number of rotatable bonds is 3. The second kappa shape index (κ2) is 4.56. The minimum atomic E-state index is -0.214. The lowest BCUT2D eigenvalue weighted by Gasteiger charge is -2.13. The van der Waals surface area contributed by atoms with Crippen molar-refractivity contribution in [3.63, 3.8) is 0 Å². The molecule has 6 heteroatoms. The Morgan fingerprint density at radius 1 is 1.18 bits per heavy atom. The number of nitrogens with zero attached hydrogens (tertiary/aromatic N) is 3. The number of carbonyl (C=O) groups excluding carboxylic acids is 2. The lowest BCUT2D eigenvalue weighted by molar-refractivity contribution is -0.140. The Labute approximate surface area is 128 Å². The minimum absolute atomic E-state index is 0.178. The lowest BCUT2D eigenvalue weighted by atomic mass is 9.85. The number of hydrogen-bond donors (Lipinski definition) is 0. The van der Waals surface area contributed by atoms with Gasteiger partial charge in [-0.1, -0.05) is 12.2 Å². The first-order valence-corrected chi connectivity index (χ1v) is 7.43. The van der Waals surface area contributed by atoms with Gasteiger partial charge in [-0.15, -0.1) is 0 Å². The molecule has 1 saturated heterocycles. The molecule has 4 rings (SSSR count). The van der Waals surface area contributed by atoms with Gasteiger partial charge in [-0.3, -0.25) is 9.59 Å². The van der Waals surface area contributed by atoms with E-state index in [1.54, 1.807) is 6.07 Å². The molecule has 0 aromatic carbocycles. The largest absolute Gasteiger partial charge is 0.440 e. The van der Waals surface area contributed by atoms with Gasteiger partial charge < -0.3 is 9.32 Å². The van der Waals surface area contributed by atoms with Crippen LogP contribution in [0, 0.1) is 23.7 Å². The van der Waals surface area contributed by atoms with Crippen molar-refractivity contribution < 1.29 is 14.0 Å². The second-order valence-corrected chi connectivity index (χ2v) is 6.30. The normalized spacial score (nSPS) is 32.5. The van der Waals surface area contributed by atoms with Gasteiger partial charge in [-0.25, -0.2) is 0 Å². The van der Waals surface area contributed by atoms with E-state index in [1.165, 1.54) is 6.21 Å². The standard InChI is InChI=1S/C16H17N3O3/c1-18(2)12-6-5-11(22-12)8-17-19-15(20)13-9-3-4-10(7-9)14(13)16(19)21/h3-6,8-10,13-14H,7H2,1-2H3/b17-8-/t9-,10+,13-,14+. The van der Waals surface area contributed by atoms with Crippen LogP contribution in [0.4, 0.5) is 5.88 Å². The molecule has 2 heterocycles. The molecule has 0 spiro atoms. The number of hydrogen-bond acceptors (Lipinski definition) is 5. The first-order valence-electron chi connectivity index (χ1n) is 7.43. The van der Waals surface area contributed by atoms with Crippen LogP contribution in [-0.4, -0.2) is 37.1 Å². The monoisotopic (exact) mass is 299 g/mol. The predicted molar refractivity (Wildman–Crippen MR) is 80.2 cm³/mol. The summed E-state index contributed by atoms with van der Waals surface area (Å²) >= 11 is 0. The quantitative estimate of drug-likeness (QED) is 0.482. The summed E-state index contributed by atoms with van der Waals surface area (Å²) in [7, 11) is 3.74. The van der Waals surface area contributed by atoms with Crippen molar-refractivity contribution in [3.8, 4) is 0 Å². The van der Waals surface area contributed by atoms with Crippen LogP contribution in [-0.2, 0) is 9.59 Å². The van der Waals surface area contributed by atoms with Crippen molar-refractivity contribution >= 4 is 23.9 Å². The van der Waals surface area contributed by atoms with E-state index >= 15 is 0 Å². The van der Waals surface area contributed by atoms with Crippen molar-refractivity contribution in [3.05, 3.63) is 30.0 Å². The third-order valence-electron chi connectivity index (χ3n) is 4.80. The van der Waals surface area contributed by atoms with E-state index in [4.69, 9.17) is 4.42 Å². The Hall–Kier alpha value is -2.37. The highest BCUT2D eigenvalue weighted by Gasteiger charge is 2.59. The van der Waals surface area contributed by atoms with E-state index in [0.717, 1.165) is 11.4 Å². The summed E-state index contributed by atoms with van der Waals surface area (Å²) in [6.07, 6.45) is 6.49. The van der Waals surface area contributed by atoms with Crippen molar-refractivity contribution in [2.24, 2.45) is 28.8 Å². The highest BCUT2D eigenvalue weighted by Crippen LogP contribution is 2.52. The van der Waals surface area contributed by atoms with Gasteiger partial charge in [0.05, 0.1) is 18.1 Å². The number of fused-ring (bicyclic) bond motifs is 5. The number of allylic oxidation sites excluding steroid dienone is 2. The average molecular weight is 299 g/mol. The number of amides is 2. The SMILES string of the molecule is CN(C)c1ccc(/C=N\N2C(=O)[C@@H]3[C@H](C2=O)[C@@H]2C=C[C@H]3C2)o1. The molecular formula is C16H17N3O3. The summed E-state index contributed by atoms with van der Waals surface area (Å²) in [5, 5.41) is 5.10. The van der Waals surface area contributed by atoms with Crippen LogP contribution in [0.2, 0.25) is 0 Å². The van der Waals surface area contributed by atoms with Crippen molar-refractivity contribution in [2.75, 3.05) is 19.0 Å². The van der Waals surface area contributed by atoms with Gasteiger partial charge >= 0.3 is 0 Å². The Bertz CT molecular complexity index is 673. The Morgan fingerprint density at radius 2 is 1.82 bits per heavy atom. The van der Waals surface area contributed by atoms with Gasteiger partial charge in [0, 0.05) is 20.2 Å². The van der Waals surface area contributed by atoms with Crippen molar-refractivity contribution in [2.45, 2.75) is 6.42 Å². The summed E-state index contributed by atoms with van der Waals surface area (Å²) < 4.78 is 5.54. The van der Waals surface area contributed by atoms with Gasteiger partial charge in [0.15, 0.2) is 5.88 Å². The number of imide groups is 1. The molecule has 2 bridgehead atoms. The molecule has 6 nitrogen and oxygen atoms in total. The first-order chi connectivity index (χ1) is 10.6. The Kier molecular flexibility index (Phi) is 2.76. The molecule has 1 aromatic rings. The maximum absolute atomic E-state index is 12.4. The fourth-order valence-corrected chi connectivity index (χ4v) is 3.77. The fourth-order valence-electron chi connectivity index (χ4n) is 3.77. The van der Waals surface area contributed by atoms with Crippen LogP contribution in [0.5, 0.6) is 0 Å². The van der Waals surface area contributed by atoms with Crippen LogP contribution in [0.25, 0.3) is 0 Å². The molecule has 2 aliphatic carbocycles. The summed E-state index contributed by atoms with van der Waals surface area (Å²) in [5.41, 5.74) is 0. The maximum Gasteiger partial charge on any atom is 0.254 e. The van der Waals surface area contributed by atoms with E-state index in [1.807, 2.05) is 25.1 Å². The van der Waals surface area contributed by atoms with E-state index < -0.39 is 0 Å². The third-order valence-corrected chi connectivity index (χ3v) is 4.80. The molecule has 3 aliphatic rings. The molecule has 2 amide bonds. The van der Waals surface area contributed by atoms with Gasteiger partial charge in [0.1, 0.15) is 5.76 Å². The summed E-state index contributed by atoms with van der Waals surface area (Å²) in [4.78, 5) is 26.7. The number of furan rings is 1. The molecule has 2 fully saturated rings. The zero-order chi connectivity index (χ0) is 15.4. The summed E-state index contributed by atoms with van der Waals surface area (Å²) in [6.45, 7) is 0. The maximum atomic E-state index is 12.4. The van der Waals surface area contributed by atoms with Crippen LogP contribution in [0.3, 0.4) is 0 Å². The van der Waals surface area contributed by atoms with Crippen LogP contribution < -0.4 is 4.90 Å². The molecule has 1 aromatic heterocycles. The average Bonchev–Trinajstić information content (AvgIpc) is 3.23. The van der Waals surface area contributed by atoms with E-state index in [2.05, 4.69) is 17.3 Å². The molecule has 0 N–H and O–H groups in total. The number of carbonyl (C=O) groups is 2. The van der Waals surface area contributed by atoms with Crippen LogP contribution in [0.1, 0.15) is 12.2 Å². The first kappa shape index (κ1) is 13.3. The predicted octanol–water partition coefficient (Wildman–Crippen LogP) is 1.49. The number of anilines is 1. The second-order valence-electron chi connectivity index (χ2n) is 6.30. The fraction of sp³-hybridized carbons (Fsp3) is 0.438. The molecule has 4 atom stereocenters. The molecule has 0 unspecified atom stereocenters. The molecule has 0 radical (unpaired) electrons. The van der Waals surface area contributed by atoms with Crippen molar-refractivity contribution in [1.82, 2.24) is 5.01 Å². The Morgan fingerprint density at radius 3 is 2.36 bits per heavy atom. The van der Waals surface area contributed by atoms with Gasteiger partial charge in [-0.05, 0) is 24.3 Å². The molecule has 22 heavy (non-hydrogen) atoms. The molecule has 1 aliphatic heterocycles. The molecule has 1 saturated carbocycles. The zero-order valence-electron chi connectivity index (χ0n) is 12.5. The van der Waals surface area contributed by atoms with Gasteiger partial charge in [0.25, 0.3) is 11.8 Å². The highest BCUT2D eigenvalue weighted by atomic mass is 16.4. The van der Waals surface area contributed by atoms with E-state index in [9.17, 15) is 9.59 Å². The van der Waals surface area contributed by atoms with Gasteiger partial charge in [0.2, 0.25) is 0 Å². The van der Waals surface area contributed by atoms with Gasteiger partial charge in [-0.2, -0.15) is 10.1 Å². The third kappa shape index (κ3) is 1.76. The molecular weight excluding hydrogens is 282 g/mol. The highest BCUT2D eigenvalue weighted by molar-refractivity contribution is 6.06. The minimum Gasteiger partial charge on any atom is -0.440 e. The lowest BCUT2D eigenvalue weighted by Crippen LogP contribution is -2.28. The Balaban J connectivity index is 1.55.